The van der Waals surface area contributed by atoms with Crippen molar-refractivity contribution in [1.29, 1.82) is 0 Å². The maximum atomic E-state index is 11.9. The molecule has 21 heavy (non-hydrogen) atoms. The van der Waals surface area contributed by atoms with E-state index in [0.717, 1.165) is 17.2 Å². The van der Waals surface area contributed by atoms with Crippen LogP contribution >= 0.6 is 0 Å². The highest BCUT2D eigenvalue weighted by Crippen LogP contribution is 2.21. The molecule has 1 atom stereocenters. The van der Waals surface area contributed by atoms with E-state index < -0.39 is 6.10 Å². The molecule has 0 bridgehead atoms. The fourth-order valence-electron chi connectivity index (χ4n) is 2.07. The van der Waals surface area contributed by atoms with Crippen molar-refractivity contribution >= 4 is 16.7 Å². The van der Waals surface area contributed by atoms with Gasteiger partial charge in [0.1, 0.15) is 5.75 Å². The maximum Gasteiger partial charge on any atom is 0.260 e. The minimum Gasteiger partial charge on any atom is -0.481 e. The molecule has 0 radical (unpaired) electrons. The number of rotatable bonds is 7. The molecular formula is C17H21NO3. The van der Waals surface area contributed by atoms with Gasteiger partial charge in [-0.25, -0.2) is 0 Å². The van der Waals surface area contributed by atoms with Crippen LogP contribution in [0.5, 0.6) is 5.75 Å². The van der Waals surface area contributed by atoms with Crippen LogP contribution in [0, 0.1) is 0 Å². The van der Waals surface area contributed by atoms with Gasteiger partial charge in [0.25, 0.3) is 5.91 Å². The molecule has 0 saturated carbocycles. The smallest absolute Gasteiger partial charge is 0.260 e. The third-order valence-electron chi connectivity index (χ3n) is 3.23. The van der Waals surface area contributed by atoms with Crippen molar-refractivity contribution < 1.29 is 14.3 Å². The Kier molecular flexibility index (Phi) is 5.58. The van der Waals surface area contributed by atoms with E-state index in [1.165, 1.54) is 0 Å². The summed E-state index contributed by atoms with van der Waals surface area (Å²) in [5.41, 5.74) is 0. The number of ether oxygens (including phenoxy) is 2. The zero-order chi connectivity index (χ0) is 15.1. The second-order valence-electron chi connectivity index (χ2n) is 4.91. The van der Waals surface area contributed by atoms with Gasteiger partial charge in [-0.05, 0) is 36.2 Å². The molecule has 4 nitrogen and oxygen atoms in total. The van der Waals surface area contributed by atoms with E-state index in [0.29, 0.717) is 18.9 Å². The molecule has 0 aliphatic carbocycles. The molecule has 112 valence electrons. The summed E-state index contributed by atoms with van der Waals surface area (Å²) in [5, 5.41) is 5.08. The Bertz CT molecular complexity index is 597. The van der Waals surface area contributed by atoms with Crippen molar-refractivity contribution in [2.45, 2.75) is 19.4 Å². The van der Waals surface area contributed by atoms with Gasteiger partial charge in [0.2, 0.25) is 0 Å². The Morgan fingerprint density at radius 1 is 1.19 bits per heavy atom. The van der Waals surface area contributed by atoms with Crippen molar-refractivity contribution in [3.8, 4) is 5.75 Å². The van der Waals surface area contributed by atoms with Crippen molar-refractivity contribution in [3.05, 3.63) is 42.5 Å². The molecule has 0 heterocycles. The molecule has 1 N–H and O–H groups in total. The summed E-state index contributed by atoms with van der Waals surface area (Å²) in [5.74, 6) is 0.590. The predicted octanol–water partition coefficient (Wildman–Crippen LogP) is 2.76. The van der Waals surface area contributed by atoms with Crippen molar-refractivity contribution in [1.82, 2.24) is 5.32 Å². The van der Waals surface area contributed by atoms with Gasteiger partial charge in [0, 0.05) is 20.3 Å². The van der Waals surface area contributed by atoms with E-state index >= 15 is 0 Å². The summed E-state index contributed by atoms with van der Waals surface area (Å²) in [6.45, 7) is 2.99. The summed E-state index contributed by atoms with van der Waals surface area (Å²) in [4.78, 5) is 11.9. The molecule has 0 fully saturated rings. The van der Waals surface area contributed by atoms with Gasteiger partial charge in [-0.2, -0.15) is 0 Å². The topological polar surface area (TPSA) is 47.6 Å². The highest BCUT2D eigenvalue weighted by Gasteiger charge is 2.13. The van der Waals surface area contributed by atoms with Gasteiger partial charge in [-0.3, -0.25) is 4.79 Å². The number of hydrogen-bond acceptors (Lipinski definition) is 3. The first-order chi connectivity index (χ1) is 10.2. The lowest BCUT2D eigenvalue weighted by atomic mass is 10.1. The van der Waals surface area contributed by atoms with E-state index in [9.17, 15) is 4.79 Å². The van der Waals surface area contributed by atoms with Crippen LogP contribution in [-0.2, 0) is 9.53 Å². The van der Waals surface area contributed by atoms with Crippen LogP contribution < -0.4 is 10.1 Å². The molecule has 0 unspecified atom stereocenters. The second-order valence-corrected chi connectivity index (χ2v) is 4.91. The third-order valence-corrected chi connectivity index (χ3v) is 3.23. The normalized spacial score (nSPS) is 12.1. The number of methoxy groups -OCH3 is 1. The lowest BCUT2D eigenvalue weighted by Crippen LogP contribution is -2.37. The first-order valence-corrected chi connectivity index (χ1v) is 7.13. The Labute approximate surface area is 125 Å². The first kappa shape index (κ1) is 15.3. The standard InChI is InChI=1S/C17H21NO3/c1-13(17(19)18-10-5-11-20-2)21-16-9-8-14-6-3-4-7-15(14)12-16/h3-4,6-9,12-13H,5,10-11H2,1-2H3,(H,18,19)/t13-/m1/s1. The SMILES string of the molecule is COCCCNC(=O)[C@@H](C)Oc1ccc2ccccc2c1. The van der Waals surface area contributed by atoms with Crippen molar-refractivity contribution in [2.24, 2.45) is 0 Å². The Morgan fingerprint density at radius 3 is 2.71 bits per heavy atom. The molecular weight excluding hydrogens is 266 g/mol. The fourth-order valence-corrected chi connectivity index (χ4v) is 2.07. The highest BCUT2D eigenvalue weighted by atomic mass is 16.5. The van der Waals surface area contributed by atoms with Gasteiger partial charge >= 0.3 is 0 Å². The summed E-state index contributed by atoms with van der Waals surface area (Å²) in [6, 6.07) is 13.9. The Hall–Kier alpha value is -2.07. The number of hydrogen-bond donors (Lipinski definition) is 1. The zero-order valence-electron chi connectivity index (χ0n) is 12.5. The van der Waals surface area contributed by atoms with E-state index in [1.54, 1.807) is 14.0 Å². The van der Waals surface area contributed by atoms with E-state index in [-0.39, 0.29) is 5.91 Å². The molecule has 4 heteroatoms. The van der Waals surface area contributed by atoms with Crippen LogP contribution in [-0.4, -0.2) is 32.3 Å². The monoisotopic (exact) mass is 287 g/mol. The Morgan fingerprint density at radius 2 is 1.95 bits per heavy atom. The van der Waals surface area contributed by atoms with Gasteiger partial charge in [-0.15, -0.1) is 0 Å². The molecule has 0 aliphatic rings. The quantitative estimate of drug-likeness (QED) is 0.797. The molecule has 0 aromatic heterocycles. The number of carbonyl (C=O) groups is 1. The van der Waals surface area contributed by atoms with Crippen LogP contribution in [0.25, 0.3) is 10.8 Å². The van der Waals surface area contributed by atoms with E-state index in [1.807, 2.05) is 42.5 Å². The molecule has 1 amide bonds. The molecule has 0 spiro atoms. The van der Waals surface area contributed by atoms with Crippen molar-refractivity contribution in [3.63, 3.8) is 0 Å². The third kappa shape index (κ3) is 4.46. The van der Waals surface area contributed by atoms with E-state index in [2.05, 4.69) is 5.32 Å². The van der Waals surface area contributed by atoms with Crippen molar-refractivity contribution in [2.75, 3.05) is 20.3 Å². The average molecular weight is 287 g/mol. The first-order valence-electron chi connectivity index (χ1n) is 7.13. The number of amides is 1. The minimum absolute atomic E-state index is 0.112. The van der Waals surface area contributed by atoms with Crippen LogP contribution in [0.3, 0.4) is 0 Å². The van der Waals surface area contributed by atoms with Gasteiger partial charge in [0.05, 0.1) is 0 Å². The van der Waals surface area contributed by atoms with E-state index in [4.69, 9.17) is 9.47 Å². The zero-order valence-corrected chi connectivity index (χ0v) is 12.5. The summed E-state index contributed by atoms with van der Waals surface area (Å²) in [7, 11) is 1.65. The summed E-state index contributed by atoms with van der Waals surface area (Å²) in [6.07, 6.45) is 0.277. The van der Waals surface area contributed by atoms with Gasteiger partial charge in [-0.1, -0.05) is 30.3 Å². The van der Waals surface area contributed by atoms with Crippen LogP contribution in [0.2, 0.25) is 0 Å². The second kappa shape index (κ2) is 7.64. The summed E-state index contributed by atoms with van der Waals surface area (Å²) >= 11 is 0. The number of fused-ring (bicyclic) bond motifs is 1. The molecule has 0 aliphatic heterocycles. The molecule has 2 rings (SSSR count). The van der Waals surface area contributed by atoms with Crippen LogP contribution in [0.1, 0.15) is 13.3 Å². The maximum absolute atomic E-state index is 11.9. The number of benzene rings is 2. The minimum atomic E-state index is -0.520. The highest BCUT2D eigenvalue weighted by molar-refractivity contribution is 5.84. The molecule has 2 aromatic rings. The molecule has 0 saturated heterocycles. The predicted molar refractivity (Wildman–Crippen MR) is 83.5 cm³/mol. The van der Waals surface area contributed by atoms with Gasteiger partial charge < -0.3 is 14.8 Å². The number of carbonyl (C=O) groups excluding carboxylic acids is 1. The van der Waals surface area contributed by atoms with Gasteiger partial charge in [0.15, 0.2) is 6.10 Å². The van der Waals surface area contributed by atoms with Crippen LogP contribution in [0.15, 0.2) is 42.5 Å². The largest absolute Gasteiger partial charge is 0.481 e. The van der Waals surface area contributed by atoms with Crippen LogP contribution in [0.4, 0.5) is 0 Å². The molecule has 2 aromatic carbocycles. The summed E-state index contributed by atoms with van der Waals surface area (Å²) < 4.78 is 10.6. The lowest BCUT2D eigenvalue weighted by Gasteiger charge is -2.15. The number of nitrogens with one attached hydrogen (secondary N) is 1. The fraction of sp³-hybridized carbons (Fsp3) is 0.353. The average Bonchev–Trinajstić information content (AvgIpc) is 2.51. The Balaban J connectivity index is 1.91. The lowest BCUT2D eigenvalue weighted by molar-refractivity contribution is -0.127.